The van der Waals surface area contributed by atoms with Crippen molar-refractivity contribution in [3.05, 3.63) is 11.2 Å². The molecule has 0 aromatic carbocycles. The van der Waals surface area contributed by atoms with Crippen LogP contribution in [0.4, 0.5) is 5.82 Å². The minimum atomic E-state index is 0.345. The smallest absolute Gasteiger partial charge is 0.318 e. The average molecular weight is 271 g/mol. The lowest BCUT2D eigenvalue weighted by Gasteiger charge is -2.37. The molecule has 2 heterocycles. The Hall–Kier alpha value is -1.07. The molecule has 0 amide bonds. The second-order valence-corrected chi connectivity index (χ2v) is 5.14. The van der Waals surface area contributed by atoms with Gasteiger partial charge in [0.15, 0.2) is 5.82 Å². The highest BCUT2D eigenvalue weighted by molar-refractivity contribution is 6.32. The van der Waals surface area contributed by atoms with Crippen molar-refractivity contribution in [3.63, 3.8) is 0 Å². The number of hydrogen-bond acceptors (Lipinski definition) is 5. The standard InChI is InChI=1S/C12H19ClN4O/c1-8-3-4-17(7-9(8)5-14)11-10(13)6-15-12(16-11)18-2/h6,8-9H,3-5,7,14H2,1-2H3. The molecule has 1 aromatic rings. The van der Waals surface area contributed by atoms with E-state index in [1.165, 1.54) is 0 Å². The molecule has 2 N–H and O–H groups in total. The molecule has 0 aliphatic carbocycles. The van der Waals surface area contributed by atoms with Gasteiger partial charge in [-0.3, -0.25) is 0 Å². The summed E-state index contributed by atoms with van der Waals surface area (Å²) in [5, 5.41) is 0.557. The summed E-state index contributed by atoms with van der Waals surface area (Å²) < 4.78 is 5.04. The van der Waals surface area contributed by atoms with Crippen LogP contribution in [-0.2, 0) is 0 Å². The van der Waals surface area contributed by atoms with Gasteiger partial charge in [-0.2, -0.15) is 4.98 Å². The Balaban J connectivity index is 2.20. The van der Waals surface area contributed by atoms with E-state index in [4.69, 9.17) is 22.1 Å². The van der Waals surface area contributed by atoms with E-state index in [1.54, 1.807) is 13.3 Å². The number of methoxy groups -OCH3 is 1. The summed E-state index contributed by atoms with van der Waals surface area (Å²) in [6.07, 6.45) is 2.68. The first-order valence-corrected chi connectivity index (χ1v) is 6.55. The molecule has 1 aliphatic heterocycles. The number of anilines is 1. The predicted molar refractivity (Wildman–Crippen MR) is 72.1 cm³/mol. The number of nitrogens with zero attached hydrogens (tertiary/aromatic N) is 3. The van der Waals surface area contributed by atoms with Gasteiger partial charge in [0.1, 0.15) is 5.02 Å². The van der Waals surface area contributed by atoms with Crippen LogP contribution in [0.2, 0.25) is 5.02 Å². The Labute approximate surface area is 112 Å². The number of ether oxygens (including phenoxy) is 1. The number of hydrogen-bond donors (Lipinski definition) is 1. The maximum atomic E-state index is 6.16. The maximum absolute atomic E-state index is 6.16. The molecular weight excluding hydrogens is 252 g/mol. The van der Waals surface area contributed by atoms with Gasteiger partial charge in [0.05, 0.1) is 13.3 Å². The molecule has 5 nitrogen and oxygen atoms in total. The van der Waals surface area contributed by atoms with E-state index < -0.39 is 0 Å². The minimum absolute atomic E-state index is 0.345. The molecule has 2 rings (SSSR count). The largest absolute Gasteiger partial charge is 0.467 e. The van der Waals surface area contributed by atoms with Crippen LogP contribution in [0.5, 0.6) is 6.01 Å². The van der Waals surface area contributed by atoms with E-state index >= 15 is 0 Å². The van der Waals surface area contributed by atoms with Gasteiger partial charge in [-0.25, -0.2) is 4.98 Å². The van der Waals surface area contributed by atoms with Gasteiger partial charge >= 0.3 is 6.01 Å². The van der Waals surface area contributed by atoms with Crippen molar-refractivity contribution >= 4 is 17.4 Å². The van der Waals surface area contributed by atoms with Crippen LogP contribution in [0.1, 0.15) is 13.3 Å². The summed E-state index contributed by atoms with van der Waals surface area (Å²) in [6, 6.07) is 0.345. The van der Waals surface area contributed by atoms with Crippen LogP contribution < -0.4 is 15.4 Å². The van der Waals surface area contributed by atoms with Crippen molar-refractivity contribution in [2.24, 2.45) is 17.6 Å². The summed E-state index contributed by atoms with van der Waals surface area (Å²) >= 11 is 6.16. The number of aromatic nitrogens is 2. The van der Waals surface area contributed by atoms with Gasteiger partial charge in [-0.1, -0.05) is 18.5 Å². The monoisotopic (exact) mass is 270 g/mol. The molecule has 0 radical (unpaired) electrons. The summed E-state index contributed by atoms with van der Waals surface area (Å²) in [6.45, 7) is 4.77. The highest BCUT2D eigenvalue weighted by Crippen LogP contribution is 2.30. The molecule has 0 spiro atoms. The van der Waals surface area contributed by atoms with Gasteiger partial charge in [-0.15, -0.1) is 0 Å². The molecular formula is C12H19ClN4O. The SMILES string of the molecule is COc1ncc(Cl)c(N2CCC(C)C(CN)C2)n1. The predicted octanol–water partition coefficient (Wildman–Crippen LogP) is 1.56. The van der Waals surface area contributed by atoms with E-state index in [2.05, 4.69) is 21.8 Å². The molecule has 0 bridgehead atoms. The zero-order valence-corrected chi connectivity index (χ0v) is 11.5. The molecule has 1 saturated heterocycles. The summed E-state index contributed by atoms with van der Waals surface area (Å²) in [5.41, 5.74) is 5.81. The number of halogens is 1. The van der Waals surface area contributed by atoms with Gasteiger partial charge < -0.3 is 15.4 Å². The highest BCUT2D eigenvalue weighted by atomic mass is 35.5. The lowest BCUT2D eigenvalue weighted by atomic mass is 9.87. The molecule has 100 valence electrons. The zero-order chi connectivity index (χ0) is 13.1. The van der Waals surface area contributed by atoms with Crippen molar-refractivity contribution in [2.75, 3.05) is 31.6 Å². The number of rotatable bonds is 3. The van der Waals surface area contributed by atoms with E-state index in [0.29, 0.717) is 29.4 Å². The van der Waals surface area contributed by atoms with Crippen molar-refractivity contribution in [1.29, 1.82) is 0 Å². The van der Waals surface area contributed by atoms with Gasteiger partial charge in [0.2, 0.25) is 0 Å². The summed E-state index contributed by atoms with van der Waals surface area (Å²) in [7, 11) is 1.55. The van der Waals surface area contributed by atoms with Gasteiger partial charge in [0.25, 0.3) is 0 Å². The lowest BCUT2D eigenvalue weighted by molar-refractivity contribution is 0.306. The van der Waals surface area contributed by atoms with Crippen molar-refractivity contribution in [1.82, 2.24) is 9.97 Å². The zero-order valence-electron chi connectivity index (χ0n) is 10.8. The lowest BCUT2D eigenvalue weighted by Crippen LogP contribution is -2.43. The van der Waals surface area contributed by atoms with Crippen LogP contribution in [0.15, 0.2) is 6.20 Å². The highest BCUT2D eigenvalue weighted by Gasteiger charge is 2.27. The third-order valence-electron chi connectivity index (χ3n) is 3.60. The van der Waals surface area contributed by atoms with E-state index in [9.17, 15) is 0 Å². The van der Waals surface area contributed by atoms with Crippen LogP contribution in [0.3, 0.4) is 0 Å². The average Bonchev–Trinajstić information content (AvgIpc) is 2.40. The first kappa shape index (κ1) is 13.4. The second kappa shape index (κ2) is 5.71. The first-order valence-electron chi connectivity index (χ1n) is 6.17. The Bertz CT molecular complexity index is 415. The number of nitrogens with two attached hydrogens (primary N) is 1. The van der Waals surface area contributed by atoms with E-state index in [1.807, 2.05) is 0 Å². The first-order chi connectivity index (χ1) is 8.65. The Kier molecular flexibility index (Phi) is 4.24. The third-order valence-corrected chi connectivity index (χ3v) is 3.87. The van der Waals surface area contributed by atoms with Crippen LogP contribution in [0, 0.1) is 11.8 Å². The van der Waals surface area contributed by atoms with Crippen molar-refractivity contribution < 1.29 is 4.74 Å². The molecule has 1 fully saturated rings. The maximum Gasteiger partial charge on any atom is 0.318 e. The van der Waals surface area contributed by atoms with E-state index in [-0.39, 0.29) is 0 Å². The Morgan fingerprint density at radius 2 is 2.39 bits per heavy atom. The van der Waals surface area contributed by atoms with Crippen LogP contribution in [0.25, 0.3) is 0 Å². The molecule has 0 saturated carbocycles. The fraction of sp³-hybridized carbons (Fsp3) is 0.667. The Morgan fingerprint density at radius 1 is 1.61 bits per heavy atom. The van der Waals surface area contributed by atoms with E-state index in [0.717, 1.165) is 25.3 Å². The van der Waals surface area contributed by atoms with Crippen molar-refractivity contribution in [2.45, 2.75) is 13.3 Å². The second-order valence-electron chi connectivity index (χ2n) is 4.74. The molecule has 18 heavy (non-hydrogen) atoms. The van der Waals surface area contributed by atoms with Crippen LogP contribution in [-0.4, -0.2) is 36.7 Å². The molecule has 1 aliphatic rings. The molecule has 2 atom stereocenters. The van der Waals surface area contributed by atoms with Crippen LogP contribution >= 0.6 is 11.6 Å². The Morgan fingerprint density at radius 3 is 3.06 bits per heavy atom. The van der Waals surface area contributed by atoms with Gasteiger partial charge in [0, 0.05) is 13.1 Å². The summed E-state index contributed by atoms with van der Waals surface area (Å²) in [4.78, 5) is 10.5. The number of piperidine rings is 1. The topological polar surface area (TPSA) is 64.3 Å². The fourth-order valence-electron chi connectivity index (χ4n) is 2.31. The third kappa shape index (κ3) is 2.67. The normalized spacial score (nSPS) is 24.1. The summed E-state index contributed by atoms with van der Waals surface area (Å²) in [5.74, 6) is 1.87. The van der Waals surface area contributed by atoms with Gasteiger partial charge in [-0.05, 0) is 24.8 Å². The van der Waals surface area contributed by atoms with Crippen molar-refractivity contribution in [3.8, 4) is 6.01 Å². The quantitative estimate of drug-likeness (QED) is 0.903. The molecule has 2 unspecified atom stereocenters. The fourth-order valence-corrected chi connectivity index (χ4v) is 2.52. The molecule has 1 aromatic heterocycles. The molecule has 6 heteroatoms. The minimum Gasteiger partial charge on any atom is -0.467 e.